The van der Waals surface area contributed by atoms with Crippen molar-refractivity contribution < 1.29 is 28.8 Å². The Morgan fingerprint density at radius 2 is 1.29 bits per heavy atom. The van der Waals surface area contributed by atoms with Crippen LogP contribution in [0.15, 0.2) is 36.4 Å². The molecule has 0 bridgehead atoms. The molecule has 0 saturated carbocycles. The molecule has 2 aliphatic rings. The molecule has 4 rings (SSSR count). The number of hydrogen-bond donors (Lipinski definition) is 0. The lowest BCUT2D eigenvalue weighted by molar-refractivity contribution is -0.0500. The van der Waals surface area contributed by atoms with E-state index in [0.29, 0.717) is 5.75 Å². The van der Waals surface area contributed by atoms with Gasteiger partial charge in [0, 0.05) is 5.41 Å². The third-order valence-corrected chi connectivity index (χ3v) is 8.02. The summed E-state index contributed by atoms with van der Waals surface area (Å²) in [5.41, 5.74) is -2.39. The summed E-state index contributed by atoms with van der Waals surface area (Å²) in [6.07, 6.45) is 1.48. The van der Waals surface area contributed by atoms with Gasteiger partial charge in [0.1, 0.15) is 11.5 Å². The van der Waals surface area contributed by atoms with Crippen LogP contribution in [-0.2, 0) is 26.4 Å². The van der Waals surface area contributed by atoms with Crippen molar-refractivity contribution in [3.63, 3.8) is 0 Å². The Kier molecular flexibility index (Phi) is 4.95. The van der Waals surface area contributed by atoms with E-state index in [4.69, 9.17) is 3.07 Å². The van der Waals surface area contributed by atoms with Crippen molar-refractivity contribution in [1.82, 2.24) is 0 Å². The summed E-state index contributed by atoms with van der Waals surface area (Å²) in [6, 6.07) is 10.4. The van der Waals surface area contributed by atoms with Crippen molar-refractivity contribution in [1.29, 1.82) is 0 Å². The molecule has 0 heterocycles. The molecule has 1 spiro atoms. The first-order valence-electron chi connectivity index (χ1n) is 9.72. The van der Waals surface area contributed by atoms with Gasteiger partial charge in [-0.3, -0.25) is 0 Å². The highest BCUT2D eigenvalue weighted by Crippen LogP contribution is 2.63. The normalized spacial score (nSPS) is 23.5. The Labute approximate surface area is 193 Å². The predicted molar refractivity (Wildman–Crippen MR) is 119 cm³/mol. The largest absolute Gasteiger partial charge is 0.534 e. The number of halogens is 4. The van der Waals surface area contributed by atoms with E-state index >= 15 is 0 Å². The van der Waals surface area contributed by atoms with E-state index in [-0.39, 0.29) is 16.6 Å². The number of rotatable bonds is 3. The molecule has 2 aromatic rings. The monoisotopic (exact) mass is 566 g/mol. The van der Waals surface area contributed by atoms with Crippen LogP contribution in [0.25, 0.3) is 0 Å². The van der Waals surface area contributed by atoms with Crippen LogP contribution in [0.1, 0.15) is 62.8 Å². The summed E-state index contributed by atoms with van der Waals surface area (Å²) in [5, 5.41) is 0. The molecule has 1 atom stereocenters. The lowest BCUT2D eigenvalue weighted by Crippen LogP contribution is -2.28. The van der Waals surface area contributed by atoms with E-state index in [0.717, 1.165) is 35.1 Å². The van der Waals surface area contributed by atoms with Crippen molar-refractivity contribution >= 4 is 33.1 Å². The predicted octanol–water partition coefficient (Wildman–Crippen LogP) is 6.29. The second-order valence-corrected chi connectivity index (χ2v) is 11.7. The van der Waals surface area contributed by atoms with Crippen LogP contribution in [0.3, 0.4) is 0 Å². The van der Waals surface area contributed by atoms with Gasteiger partial charge in [0.05, 0.1) is 0 Å². The first-order chi connectivity index (χ1) is 14.1. The number of benzene rings is 2. The molecule has 0 radical (unpaired) electrons. The summed E-state index contributed by atoms with van der Waals surface area (Å²) in [4.78, 5) is 0. The molecule has 0 aliphatic heterocycles. The Balaban J connectivity index is 1.92. The minimum absolute atomic E-state index is 0.175. The maximum atomic E-state index is 12.9. The zero-order valence-corrected chi connectivity index (χ0v) is 20.4. The molecule has 31 heavy (non-hydrogen) atoms. The Morgan fingerprint density at radius 1 is 0.839 bits per heavy atom. The van der Waals surface area contributed by atoms with Gasteiger partial charge in [0.25, 0.3) is 0 Å². The fraction of sp³-hybridized carbons (Fsp3) is 0.455. The van der Waals surface area contributed by atoms with E-state index in [9.17, 15) is 21.6 Å². The van der Waals surface area contributed by atoms with Crippen LogP contribution in [0.4, 0.5) is 13.2 Å². The zero-order valence-electron chi connectivity index (χ0n) is 17.4. The molecular formula is C22H22F3IO4S. The zero-order chi connectivity index (χ0) is 23.0. The molecule has 0 aromatic heterocycles. The van der Waals surface area contributed by atoms with Crippen LogP contribution < -0.4 is 7.25 Å². The fourth-order valence-electron chi connectivity index (χ4n) is 5.58. The van der Waals surface area contributed by atoms with Gasteiger partial charge in [-0.05, 0) is 70.2 Å². The van der Waals surface area contributed by atoms with Gasteiger partial charge >= 0.3 is 15.6 Å². The van der Waals surface area contributed by atoms with Crippen LogP contribution in [-0.4, -0.2) is 13.9 Å². The highest BCUT2D eigenvalue weighted by Gasteiger charge is 2.56. The standard InChI is InChI=1S/C22H22F3IO4S/c1-19(2)11-21(17-9-13(29-26)5-7-15(17)19)12-20(3,4)16-8-6-14(10-18(16)21)30-31(27,28)22(23,24)25/h5-10H,11-12H2,1-4H3. The Bertz CT molecular complexity index is 1170. The highest BCUT2D eigenvalue weighted by atomic mass is 127. The molecule has 1 unspecified atom stereocenters. The van der Waals surface area contributed by atoms with Gasteiger partial charge in [0.15, 0.2) is 23.0 Å². The third kappa shape index (κ3) is 3.42. The second kappa shape index (κ2) is 6.76. The summed E-state index contributed by atoms with van der Waals surface area (Å²) >= 11 is 1.82. The maximum absolute atomic E-state index is 12.9. The van der Waals surface area contributed by atoms with E-state index in [2.05, 4.69) is 31.9 Å². The minimum atomic E-state index is -5.75. The molecule has 0 fully saturated rings. The van der Waals surface area contributed by atoms with E-state index in [1.54, 1.807) is 6.07 Å². The highest BCUT2D eigenvalue weighted by molar-refractivity contribution is 14.1. The van der Waals surface area contributed by atoms with Crippen LogP contribution in [0.5, 0.6) is 11.5 Å². The lowest BCUT2D eigenvalue weighted by Gasteiger charge is -2.30. The van der Waals surface area contributed by atoms with Crippen molar-refractivity contribution in [2.24, 2.45) is 0 Å². The van der Waals surface area contributed by atoms with E-state index < -0.39 is 21.0 Å². The average Bonchev–Trinajstić information content (AvgIpc) is 3.00. The molecule has 0 saturated heterocycles. The fourth-order valence-corrected chi connectivity index (χ4v) is 6.31. The molecule has 9 heteroatoms. The van der Waals surface area contributed by atoms with E-state index in [1.807, 2.05) is 41.2 Å². The summed E-state index contributed by atoms with van der Waals surface area (Å²) in [6.45, 7) is 8.48. The SMILES string of the molecule is CC1(C)CC2(CC(C)(C)c3ccc(OS(=O)(=O)C(F)(F)F)cc32)c2cc(OI)ccc21. The molecule has 168 valence electrons. The summed E-state index contributed by atoms with van der Waals surface area (Å²) in [7, 11) is -5.75. The van der Waals surface area contributed by atoms with Gasteiger partial charge < -0.3 is 7.25 Å². The van der Waals surface area contributed by atoms with Gasteiger partial charge in [-0.15, -0.1) is 0 Å². The number of alkyl halides is 3. The van der Waals surface area contributed by atoms with Crippen LogP contribution in [0, 0.1) is 0 Å². The van der Waals surface area contributed by atoms with Gasteiger partial charge in [0.2, 0.25) is 0 Å². The third-order valence-electron chi connectivity index (χ3n) is 6.54. The number of fused-ring (bicyclic) bond motifs is 4. The molecule has 0 amide bonds. The van der Waals surface area contributed by atoms with Gasteiger partial charge in [-0.2, -0.15) is 21.6 Å². The van der Waals surface area contributed by atoms with Crippen molar-refractivity contribution in [3.05, 3.63) is 58.7 Å². The van der Waals surface area contributed by atoms with Crippen LogP contribution in [0.2, 0.25) is 0 Å². The van der Waals surface area contributed by atoms with Gasteiger partial charge in [-0.25, -0.2) is 0 Å². The van der Waals surface area contributed by atoms with Crippen molar-refractivity contribution in [3.8, 4) is 11.5 Å². The molecular weight excluding hydrogens is 544 g/mol. The molecule has 2 aliphatic carbocycles. The second-order valence-electron chi connectivity index (χ2n) is 9.68. The Morgan fingerprint density at radius 3 is 1.74 bits per heavy atom. The van der Waals surface area contributed by atoms with Crippen molar-refractivity contribution in [2.45, 2.75) is 62.3 Å². The van der Waals surface area contributed by atoms with Crippen LogP contribution >= 0.6 is 23.0 Å². The molecule has 4 nitrogen and oxygen atoms in total. The molecule has 0 N–H and O–H groups in total. The minimum Gasteiger partial charge on any atom is -0.428 e. The number of hydrogen-bond acceptors (Lipinski definition) is 4. The smallest absolute Gasteiger partial charge is 0.428 e. The van der Waals surface area contributed by atoms with Gasteiger partial charge in [-0.1, -0.05) is 39.8 Å². The van der Waals surface area contributed by atoms with Crippen molar-refractivity contribution in [2.75, 3.05) is 0 Å². The lowest BCUT2D eigenvalue weighted by atomic mass is 9.72. The quantitative estimate of drug-likeness (QED) is 0.249. The topological polar surface area (TPSA) is 52.6 Å². The Hall–Kier alpha value is -1.49. The average molecular weight is 566 g/mol. The maximum Gasteiger partial charge on any atom is 0.534 e. The molecule has 2 aromatic carbocycles. The first kappa shape index (κ1) is 22.7. The first-order valence-corrected chi connectivity index (χ1v) is 12.0. The summed E-state index contributed by atoms with van der Waals surface area (Å²) in [5.74, 6) is 0.357. The summed E-state index contributed by atoms with van der Waals surface area (Å²) < 4.78 is 71.6. The van der Waals surface area contributed by atoms with E-state index in [1.165, 1.54) is 12.1 Å².